The molecule has 0 bridgehead atoms. The van der Waals surface area contributed by atoms with Gasteiger partial charge in [0.1, 0.15) is 11.5 Å². The molecule has 18 heavy (non-hydrogen) atoms. The fraction of sp³-hybridized carbons (Fsp3) is 0.333. The lowest BCUT2D eigenvalue weighted by Gasteiger charge is -2.06. The largest absolute Gasteiger partial charge is 0.285 e. The van der Waals surface area contributed by atoms with Gasteiger partial charge in [-0.05, 0) is 16.7 Å². The fourth-order valence-electron chi connectivity index (χ4n) is 1.50. The van der Waals surface area contributed by atoms with E-state index in [1.807, 2.05) is 0 Å². The topological polar surface area (TPSA) is 109 Å². The van der Waals surface area contributed by atoms with Crippen LogP contribution in [0.4, 0.5) is 0 Å². The molecule has 102 valence electrons. The molecule has 0 aliphatic heterocycles. The van der Waals surface area contributed by atoms with E-state index in [1.165, 1.54) is 18.2 Å². The molecular weight excluding hydrogens is 348 g/mol. The van der Waals surface area contributed by atoms with E-state index in [0.29, 0.717) is 10.9 Å². The number of hydrogen-bond acceptors (Lipinski definition) is 4. The van der Waals surface area contributed by atoms with Crippen LogP contribution in [0, 0.1) is 0 Å². The normalized spacial score (nSPS) is 12.6. The molecule has 0 fully saturated rings. The van der Waals surface area contributed by atoms with Crippen molar-refractivity contribution in [1.29, 1.82) is 0 Å². The molecule has 0 amide bonds. The Kier molecular flexibility index (Phi) is 4.90. The van der Waals surface area contributed by atoms with E-state index >= 15 is 0 Å². The summed E-state index contributed by atoms with van der Waals surface area (Å²) in [6.07, 6.45) is 0. The smallest absolute Gasteiger partial charge is 0.269 e. The van der Waals surface area contributed by atoms with Crippen LogP contribution in [0.15, 0.2) is 18.2 Å². The van der Waals surface area contributed by atoms with Gasteiger partial charge < -0.3 is 0 Å². The van der Waals surface area contributed by atoms with E-state index in [2.05, 4.69) is 15.9 Å². The first-order valence-electron chi connectivity index (χ1n) is 4.67. The molecule has 6 nitrogen and oxygen atoms in total. The summed E-state index contributed by atoms with van der Waals surface area (Å²) in [7, 11) is -8.38. The summed E-state index contributed by atoms with van der Waals surface area (Å²) >= 11 is 3.16. The maximum atomic E-state index is 10.8. The number of rotatable bonds is 5. The first-order valence-corrected chi connectivity index (χ1v) is 9.01. The molecule has 0 saturated carbocycles. The molecule has 0 unspecified atom stereocenters. The van der Waals surface area contributed by atoms with Crippen molar-refractivity contribution in [1.82, 2.24) is 0 Å². The second-order valence-electron chi connectivity index (χ2n) is 3.74. The highest BCUT2D eigenvalue weighted by atomic mass is 79.9. The molecule has 9 heteroatoms. The standard InChI is InChI=1S/C9H11BrO6S2/c10-4-7-1-8(5-17(11,12)13)3-9(2-7)6-18(14,15)16/h1-3H,4-6H2,(H,11,12,13)(H,14,15,16). The Balaban J connectivity index is 3.17. The molecule has 2 N–H and O–H groups in total. The van der Waals surface area contributed by atoms with Gasteiger partial charge >= 0.3 is 0 Å². The van der Waals surface area contributed by atoms with Crippen LogP contribution in [0.3, 0.4) is 0 Å². The van der Waals surface area contributed by atoms with E-state index < -0.39 is 31.7 Å². The number of alkyl halides is 1. The lowest BCUT2D eigenvalue weighted by atomic mass is 10.1. The molecular formula is C9H11BrO6S2. The zero-order chi connectivity index (χ0) is 14.0. The average Bonchev–Trinajstić information content (AvgIpc) is 2.11. The van der Waals surface area contributed by atoms with E-state index in [9.17, 15) is 16.8 Å². The first kappa shape index (κ1) is 15.6. The van der Waals surface area contributed by atoms with Gasteiger partial charge in [0, 0.05) is 5.33 Å². The van der Waals surface area contributed by atoms with Gasteiger partial charge in [-0.25, -0.2) is 0 Å². The molecule has 0 aliphatic carbocycles. The van der Waals surface area contributed by atoms with E-state index in [1.54, 1.807) is 0 Å². The van der Waals surface area contributed by atoms with Crippen LogP contribution in [0.1, 0.15) is 16.7 Å². The zero-order valence-corrected chi connectivity index (χ0v) is 12.3. The predicted molar refractivity (Wildman–Crippen MR) is 69.6 cm³/mol. The first-order chi connectivity index (χ1) is 8.09. The summed E-state index contributed by atoms with van der Waals surface area (Å²) in [5.74, 6) is -1.21. The van der Waals surface area contributed by atoms with Crippen LogP contribution in [0.5, 0.6) is 0 Å². The minimum atomic E-state index is -4.19. The van der Waals surface area contributed by atoms with Crippen LogP contribution in [-0.2, 0) is 37.1 Å². The van der Waals surface area contributed by atoms with Crippen molar-refractivity contribution >= 4 is 36.2 Å². The maximum absolute atomic E-state index is 10.8. The zero-order valence-electron chi connectivity index (χ0n) is 9.08. The quantitative estimate of drug-likeness (QED) is 0.607. The number of hydrogen-bond donors (Lipinski definition) is 2. The SMILES string of the molecule is O=S(=O)(O)Cc1cc(CBr)cc(CS(=O)(=O)O)c1. The van der Waals surface area contributed by atoms with Gasteiger partial charge in [0.15, 0.2) is 0 Å². The van der Waals surface area contributed by atoms with Gasteiger partial charge in [0.2, 0.25) is 0 Å². The third-order valence-corrected chi connectivity index (χ3v) is 4.01. The van der Waals surface area contributed by atoms with Crippen LogP contribution in [-0.4, -0.2) is 25.9 Å². The van der Waals surface area contributed by atoms with Gasteiger partial charge in [0.25, 0.3) is 20.2 Å². The molecule has 1 rings (SSSR count). The van der Waals surface area contributed by atoms with E-state index in [0.717, 1.165) is 0 Å². The highest BCUT2D eigenvalue weighted by Crippen LogP contribution is 2.17. The molecule has 1 aromatic carbocycles. The minimum Gasteiger partial charge on any atom is -0.285 e. The van der Waals surface area contributed by atoms with E-state index in [4.69, 9.17) is 9.11 Å². The highest BCUT2D eigenvalue weighted by molar-refractivity contribution is 9.08. The lowest BCUT2D eigenvalue weighted by molar-refractivity contribution is 0.480. The van der Waals surface area contributed by atoms with Gasteiger partial charge in [0.05, 0.1) is 0 Å². The molecule has 0 radical (unpaired) electrons. The summed E-state index contributed by atoms with van der Waals surface area (Å²) in [6.45, 7) is 0. The third-order valence-electron chi connectivity index (χ3n) is 1.96. The van der Waals surface area contributed by atoms with Crippen LogP contribution in [0.25, 0.3) is 0 Å². The summed E-state index contributed by atoms with van der Waals surface area (Å²) in [5.41, 5.74) is 1.16. The van der Waals surface area contributed by atoms with Gasteiger partial charge in [-0.1, -0.05) is 34.1 Å². The third kappa shape index (κ3) is 5.91. The van der Waals surface area contributed by atoms with Gasteiger partial charge in [-0.2, -0.15) is 16.8 Å². The Labute approximate surface area is 114 Å². The average molecular weight is 359 g/mol. The predicted octanol–water partition coefficient (Wildman–Crippen LogP) is 1.36. The van der Waals surface area contributed by atoms with Crippen molar-refractivity contribution in [3.63, 3.8) is 0 Å². The Morgan fingerprint density at radius 3 is 1.44 bits per heavy atom. The molecule has 0 spiro atoms. The lowest BCUT2D eigenvalue weighted by Crippen LogP contribution is -2.05. The van der Waals surface area contributed by atoms with Crippen LogP contribution < -0.4 is 0 Å². The van der Waals surface area contributed by atoms with E-state index in [-0.39, 0.29) is 11.1 Å². The van der Waals surface area contributed by atoms with Crippen molar-refractivity contribution in [2.75, 3.05) is 0 Å². The summed E-state index contributed by atoms with van der Waals surface area (Å²) < 4.78 is 60.6. The summed E-state index contributed by atoms with van der Waals surface area (Å²) in [6, 6.07) is 4.36. The van der Waals surface area contributed by atoms with Gasteiger partial charge in [-0.15, -0.1) is 0 Å². The molecule has 1 aromatic rings. The van der Waals surface area contributed by atoms with Crippen LogP contribution in [0.2, 0.25) is 0 Å². The molecule has 0 heterocycles. The van der Waals surface area contributed by atoms with Crippen molar-refractivity contribution < 1.29 is 25.9 Å². The highest BCUT2D eigenvalue weighted by Gasteiger charge is 2.12. The maximum Gasteiger partial charge on any atom is 0.269 e. The molecule has 0 atom stereocenters. The Bertz CT molecular complexity index is 583. The number of halogens is 1. The van der Waals surface area contributed by atoms with Crippen molar-refractivity contribution in [3.05, 3.63) is 34.9 Å². The van der Waals surface area contributed by atoms with Gasteiger partial charge in [-0.3, -0.25) is 9.11 Å². The molecule has 0 aromatic heterocycles. The Morgan fingerprint density at radius 2 is 1.17 bits per heavy atom. The monoisotopic (exact) mass is 358 g/mol. The summed E-state index contributed by atoms with van der Waals surface area (Å²) in [4.78, 5) is 0. The Hall–Kier alpha value is -0.480. The van der Waals surface area contributed by atoms with Crippen LogP contribution >= 0.6 is 15.9 Å². The summed E-state index contributed by atoms with van der Waals surface area (Å²) in [5, 5.41) is 0.394. The molecule has 0 saturated heterocycles. The minimum absolute atomic E-state index is 0.258. The number of benzene rings is 1. The Morgan fingerprint density at radius 1 is 0.833 bits per heavy atom. The van der Waals surface area contributed by atoms with Crippen molar-refractivity contribution in [2.24, 2.45) is 0 Å². The van der Waals surface area contributed by atoms with Crippen molar-refractivity contribution in [3.8, 4) is 0 Å². The fourth-order valence-corrected chi connectivity index (χ4v) is 3.00. The second kappa shape index (κ2) is 5.66. The molecule has 0 aliphatic rings. The second-order valence-corrected chi connectivity index (χ2v) is 7.21. The van der Waals surface area contributed by atoms with Crippen molar-refractivity contribution in [2.45, 2.75) is 16.8 Å².